The van der Waals surface area contributed by atoms with E-state index in [1.54, 1.807) is 6.92 Å². The van der Waals surface area contributed by atoms with Gasteiger partial charge in [-0.05, 0) is 13.3 Å². The second-order valence-corrected chi connectivity index (χ2v) is 13.3. The van der Waals surface area contributed by atoms with Crippen LogP contribution in [0.5, 0.6) is 0 Å². The molecule has 0 heterocycles. The number of rotatable bonds is 21. The van der Waals surface area contributed by atoms with Gasteiger partial charge in [-0.2, -0.15) is 0 Å². The largest absolute Gasteiger partial charge is 0.300 e. The predicted octanol–water partition coefficient (Wildman–Crippen LogP) is 20.1. The SMILES string of the molecule is CCCCC.CCCCC.CCCCC.CCCCC.CCCCC.CCCCC.CCCCC.CCCCC.CCCCCCC(C)=O. The smallest absolute Gasteiger partial charge is 0.129 e. The second-order valence-electron chi connectivity index (χ2n) is 13.3. The van der Waals surface area contributed by atoms with E-state index in [2.05, 4.69) is 118 Å². The summed E-state index contributed by atoms with van der Waals surface area (Å²) in [7, 11) is 0. The molecule has 310 valence electrons. The standard InChI is InChI=1S/C8H16O.8C5H12/c1-3-4-5-6-7-8(2)9;8*1-3-5-4-2/h3-7H2,1-2H3;8*3-5H2,1-2H3. The number of hydrogen-bond acceptors (Lipinski definition) is 1. The summed E-state index contributed by atoms with van der Waals surface area (Å²) in [5, 5.41) is 0. The highest BCUT2D eigenvalue weighted by Gasteiger charge is 1.91. The fraction of sp³-hybridized carbons (Fsp3) is 0.979. The summed E-state index contributed by atoms with van der Waals surface area (Å²) in [6.07, 6.45) is 38.2. The molecule has 1 heteroatoms. The van der Waals surface area contributed by atoms with Crippen molar-refractivity contribution in [2.75, 3.05) is 0 Å². The highest BCUT2D eigenvalue weighted by atomic mass is 16.1. The molecule has 0 rings (SSSR count). The van der Waals surface area contributed by atoms with Crippen molar-refractivity contribution in [3.8, 4) is 0 Å². The highest BCUT2D eigenvalue weighted by Crippen LogP contribution is 2.02. The Morgan fingerprint density at radius 3 is 0.449 bits per heavy atom. The molecule has 0 spiro atoms. The summed E-state index contributed by atoms with van der Waals surface area (Å²) in [5.74, 6) is 0.325. The maximum atomic E-state index is 10.4. The lowest BCUT2D eigenvalue weighted by molar-refractivity contribution is -0.117. The number of ketones is 1. The van der Waals surface area contributed by atoms with Gasteiger partial charge in [0.05, 0.1) is 0 Å². The van der Waals surface area contributed by atoms with E-state index >= 15 is 0 Å². The minimum Gasteiger partial charge on any atom is -0.300 e. The summed E-state index contributed by atoms with van der Waals surface area (Å²) in [6.45, 7) is 39.2. The summed E-state index contributed by atoms with van der Waals surface area (Å²) < 4.78 is 0. The lowest BCUT2D eigenvalue weighted by atomic mass is 10.1. The Balaban J connectivity index is -0.0000000530. The monoisotopic (exact) mass is 705 g/mol. The third-order valence-electron chi connectivity index (χ3n) is 7.04. The van der Waals surface area contributed by atoms with Gasteiger partial charge in [0.15, 0.2) is 0 Å². The molecule has 0 aliphatic carbocycles. The maximum Gasteiger partial charge on any atom is 0.129 e. The topological polar surface area (TPSA) is 17.1 Å². The highest BCUT2D eigenvalue weighted by molar-refractivity contribution is 5.75. The van der Waals surface area contributed by atoms with Gasteiger partial charge in [-0.25, -0.2) is 0 Å². The predicted molar refractivity (Wildman–Crippen MR) is 241 cm³/mol. The lowest BCUT2D eigenvalue weighted by Gasteiger charge is -1.93. The van der Waals surface area contributed by atoms with Crippen LogP contribution in [0, 0.1) is 0 Å². The van der Waals surface area contributed by atoms with Gasteiger partial charge in [-0.1, -0.05) is 291 Å². The first kappa shape index (κ1) is 70.3. The maximum absolute atomic E-state index is 10.4. The fourth-order valence-electron chi connectivity index (χ4n) is 3.63. The molecule has 0 aromatic carbocycles. The summed E-state index contributed by atoms with van der Waals surface area (Å²) in [6, 6.07) is 0. The molecule has 0 fully saturated rings. The molecule has 0 amide bonds. The Hall–Kier alpha value is -0.330. The van der Waals surface area contributed by atoms with Crippen LogP contribution in [0.15, 0.2) is 0 Å². The van der Waals surface area contributed by atoms with E-state index in [1.165, 1.54) is 173 Å². The molecule has 49 heavy (non-hydrogen) atoms. The molecule has 1 nitrogen and oxygen atoms in total. The third-order valence-corrected chi connectivity index (χ3v) is 7.04. The average Bonchev–Trinajstić information content (AvgIpc) is 3.08. The quantitative estimate of drug-likeness (QED) is 0.109. The molecular formula is C48H112O. The minimum absolute atomic E-state index is 0.325. The van der Waals surface area contributed by atoms with Crippen LogP contribution in [0.3, 0.4) is 0 Å². The normalized spacial score (nSPS) is 8.61. The van der Waals surface area contributed by atoms with Crippen LogP contribution in [0.25, 0.3) is 0 Å². The van der Waals surface area contributed by atoms with E-state index in [9.17, 15) is 4.79 Å². The van der Waals surface area contributed by atoms with Crippen molar-refractivity contribution in [2.24, 2.45) is 0 Å². The number of Topliss-reactive ketones (excluding diaryl/α,β-unsaturated/α-hetero) is 1. The van der Waals surface area contributed by atoms with Gasteiger partial charge in [0, 0.05) is 6.42 Å². The van der Waals surface area contributed by atoms with E-state index in [-0.39, 0.29) is 0 Å². The molecule has 0 aliphatic heterocycles. The summed E-state index contributed by atoms with van der Waals surface area (Å²) in [5.41, 5.74) is 0. The first-order valence-corrected chi connectivity index (χ1v) is 23.1. The van der Waals surface area contributed by atoms with Gasteiger partial charge in [-0.3, -0.25) is 0 Å². The van der Waals surface area contributed by atoms with Crippen molar-refractivity contribution in [2.45, 2.75) is 311 Å². The van der Waals surface area contributed by atoms with E-state index in [1.807, 2.05) is 0 Å². The number of carbonyl (C=O) groups excluding carboxylic acids is 1. The molecule has 0 bridgehead atoms. The molecule has 0 N–H and O–H groups in total. The number of unbranched alkanes of at least 4 members (excludes halogenated alkanes) is 19. The molecule has 0 aromatic rings. The van der Waals surface area contributed by atoms with Crippen molar-refractivity contribution < 1.29 is 4.79 Å². The van der Waals surface area contributed by atoms with Crippen LogP contribution in [-0.4, -0.2) is 5.78 Å². The van der Waals surface area contributed by atoms with Gasteiger partial charge in [-0.15, -0.1) is 0 Å². The van der Waals surface area contributed by atoms with Crippen LogP contribution in [0.2, 0.25) is 0 Å². The average molecular weight is 705 g/mol. The van der Waals surface area contributed by atoms with E-state index in [0.29, 0.717) is 5.78 Å². The molecule has 0 aliphatic rings. The van der Waals surface area contributed by atoms with Gasteiger partial charge in [0.1, 0.15) is 5.78 Å². The Labute approximate surface area is 320 Å². The Bertz CT molecular complexity index is 274. The van der Waals surface area contributed by atoms with E-state index < -0.39 is 0 Å². The molecule has 0 atom stereocenters. The lowest BCUT2D eigenvalue weighted by Crippen LogP contribution is -1.88. The van der Waals surface area contributed by atoms with Gasteiger partial charge in [0.25, 0.3) is 0 Å². The van der Waals surface area contributed by atoms with Crippen LogP contribution < -0.4 is 0 Å². The fourth-order valence-corrected chi connectivity index (χ4v) is 3.63. The molecule has 0 aromatic heterocycles. The molecule has 0 saturated heterocycles. The van der Waals surface area contributed by atoms with Gasteiger partial charge in [0.2, 0.25) is 0 Å². The molecular weight excluding hydrogens is 593 g/mol. The second kappa shape index (κ2) is 104. The van der Waals surface area contributed by atoms with E-state index in [4.69, 9.17) is 0 Å². The zero-order valence-corrected chi connectivity index (χ0v) is 39.4. The zero-order valence-electron chi connectivity index (χ0n) is 39.4. The molecule has 0 unspecified atom stereocenters. The van der Waals surface area contributed by atoms with Crippen molar-refractivity contribution in [3.63, 3.8) is 0 Å². The zero-order chi connectivity index (χ0) is 40.1. The summed E-state index contributed by atoms with van der Waals surface area (Å²) in [4.78, 5) is 10.4. The van der Waals surface area contributed by atoms with Crippen molar-refractivity contribution in [3.05, 3.63) is 0 Å². The van der Waals surface area contributed by atoms with Crippen molar-refractivity contribution >= 4 is 5.78 Å². The minimum atomic E-state index is 0.325. The first-order chi connectivity index (χ1) is 23.6. The van der Waals surface area contributed by atoms with Crippen LogP contribution in [-0.2, 0) is 4.79 Å². The summed E-state index contributed by atoms with van der Waals surface area (Å²) >= 11 is 0. The van der Waals surface area contributed by atoms with Crippen LogP contribution in [0.1, 0.15) is 311 Å². The van der Waals surface area contributed by atoms with Crippen LogP contribution in [0.4, 0.5) is 0 Å². The number of carbonyl (C=O) groups is 1. The Morgan fingerprint density at radius 2 is 0.367 bits per heavy atom. The van der Waals surface area contributed by atoms with E-state index in [0.717, 1.165) is 12.8 Å². The third kappa shape index (κ3) is 212. The van der Waals surface area contributed by atoms with Crippen molar-refractivity contribution in [1.29, 1.82) is 0 Å². The van der Waals surface area contributed by atoms with Crippen molar-refractivity contribution in [1.82, 2.24) is 0 Å². The number of hydrogen-bond donors (Lipinski definition) is 0. The Kier molecular flexibility index (Phi) is 148. The Morgan fingerprint density at radius 1 is 0.224 bits per heavy atom. The van der Waals surface area contributed by atoms with Gasteiger partial charge < -0.3 is 4.79 Å². The molecule has 0 saturated carbocycles. The van der Waals surface area contributed by atoms with Crippen LogP contribution >= 0.6 is 0 Å². The first-order valence-electron chi connectivity index (χ1n) is 23.1. The van der Waals surface area contributed by atoms with Gasteiger partial charge >= 0.3 is 0 Å². The molecule has 0 radical (unpaired) electrons.